The average Bonchev–Trinajstić information content (AvgIpc) is 3.22. The van der Waals surface area contributed by atoms with E-state index < -0.39 is 11.9 Å². The Labute approximate surface area is 160 Å². The highest BCUT2D eigenvalue weighted by molar-refractivity contribution is 7.09. The zero-order valence-corrected chi connectivity index (χ0v) is 16.0. The lowest BCUT2D eigenvalue weighted by Gasteiger charge is -2.25. The van der Waals surface area contributed by atoms with E-state index in [4.69, 9.17) is 0 Å². The number of nitrogens with one attached hydrogen (secondary N) is 2. The molecule has 0 bridgehead atoms. The quantitative estimate of drug-likeness (QED) is 0.601. The molecule has 0 amide bonds. The Balaban J connectivity index is 1.48. The van der Waals surface area contributed by atoms with E-state index in [0.717, 1.165) is 29.7 Å². The van der Waals surface area contributed by atoms with Gasteiger partial charge in [0.15, 0.2) is 11.7 Å². The summed E-state index contributed by atoms with van der Waals surface area (Å²) in [5.74, 6) is 0.541. The van der Waals surface area contributed by atoms with E-state index in [2.05, 4.69) is 50.6 Å². The number of guanidine groups is 1. The van der Waals surface area contributed by atoms with Crippen LogP contribution in [-0.2, 0) is 19.1 Å². The molecule has 5 nitrogen and oxygen atoms in total. The second-order valence-corrected chi connectivity index (χ2v) is 7.29. The van der Waals surface area contributed by atoms with Gasteiger partial charge in [-0.05, 0) is 25.0 Å². The van der Waals surface area contributed by atoms with Crippen LogP contribution in [0.25, 0.3) is 0 Å². The lowest BCUT2D eigenvalue weighted by molar-refractivity contribution is -0.140. The minimum Gasteiger partial charge on any atom is -0.367 e. The molecule has 3 rings (SSSR count). The number of hydrogen-bond acceptors (Lipinski definition) is 4. The van der Waals surface area contributed by atoms with E-state index in [-0.39, 0.29) is 6.54 Å². The zero-order chi connectivity index (χ0) is 19.4. The third-order valence-electron chi connectivity index (χ3n) is 4.47. The van der Waals surface area contributed by atoms with Crippen LogP contribution < -0.4 is 15.5 Å². The monoisotopic (exact) mass is 397 g/mol. The van der Waals surface area contributed by atoms with Gasteiger partial charge in [-0.2, -0.15) is 13.2 Å². The van der Waals surface area contributed by atoms with Gasteiger partial charge in [0.25, 0.3) is 0 Å². The molecule has 27 heavy (non-hydrogen) atoms. The summed E-state index contributed by atoms with van der Waals surface area (Å²) in [6.45, 7) is 3.88. The molecule has 2 aromatic rings. The molecule has 9 heteroatoms. The van der Waals surface area contributed by atoms with E-state index in [9.17, 15) is 13.2 Å². The van der Waals surface area contributed by atoms with Crippen LogP contribution in [0.1, 0.15) is 23.2 Å². The first-order chi connectivity index (χ1) is 12.9. The van der Waals surface area contributed by atoms with Crippen molar-refractivity contribution in [1.82, 2.24) is 15.6 Å². The van der Waals surface area contributed by atoms with Gasteiger partial charge >= 0.3 is 6.18 Å². The topological polar surface area (TPSA) is 52.6 Å². The summed E-state index contributed by atoms with van der Waals surface area (Å²) >= 11 is 0.981. The van der Waals surface area contributed by atoms with Crippen molar-refractivity contribution in [2.45, 2.75) is 32.1 Å². The Morgan fingerprint density at radius 3 is 2.81 bits per heavy atom. The van der Waals surface area contributed by atoms with Crippen molar-refractivity contribution in [2.75, 3.05) is 25.0 Å². The lowest BCUT2D eigenvalue weighted by atomic mass is 10.1. The maximum Gasteiger partial charge on any atom is 0.434 e. The molecule has 1 aromatic carbocycles. The molecule has 0 aliphatic carbocycles. The Morgan fingerprint density at radius 1 is 1.33 bits per heavy atom. The summed E-state index contributed by atoms with van der Waals surface area (Å²) in [6.07, 6.45) is -3.37. The first kappa shape index (κ1) is 19.5. The highest BCUT2D eigenvalue weighted by Gasteiger charge is 2.33. The third-order valence-corrected chi connectivity index (χ3v) is 5.32. The summed E-state index contributed by atoms with van der Waals surface area (Å²) in [4.78, 5) is 10.1. The second-order valence-electron chi connectivity index (χ2n) is 6.35. The fraction of sp³-hybridized carbons (Fsp3) is 0.444. The molecule has 1 aliphatic heterocycles. The fourth-order valence-corrected chi connectivity index (χ4v) is 3.91. The van der Waals surface area contributed by atoms with Gasteiger partial charge in [-0.1, -0.05) is 18.2 Å². The Kier molecular flexibility index (Phi) is 5.88. The number of alkyl halides is 3. The van der Waals surface area contributed by atoms with Gasteiger partial charge in [0, 0.05) is 37.2 Å². The molecule has 1 unspecified atom stereocenters. The first-order valence-electron chi connectivity index (χ1n) is 8.69. The van der Waals surface area contributed by atoms with Crippen molar-refractivity contribution in [1.29, 1.82) is 0 Å². The SMILES string of the molecule is CN=C(NCCN1c2ccccc2CC1C)NCc1nc(C(F)(F)F)cs1. The number of hydrogen-bond donors (Lipinski definition) is 2. The number of nitrogens with zero attached hydrogens (tertiary/aromatic N) is 3. The van der Waals surface area contributed by atoms with Gasteiger partial charge in [-0.15, -0.1) is 11.3 Å². The maximum atomic E-state index is 12.6. The normalized spacial score (nSPS) is 17.1. The van der Waals surface area contributed by atoms with Gasteiger partial charge in [-0.3, -0.25) is 4.99 Å². The molecule has 0 fully saturated rings. The van der Waals surface area contributed by atoms with E-state index >= 15 is 0 Å². The average molecular weight is 397 g/mol. The van der Waals surface area contributed by atoms with Crippen molar-refractivity contribution in [3.05, 3.63) is 45.9 Å². The molecular formula is C18H22F3N5S. The molecular weight excluding hydrogens is 375 g/mol. The number of aliphatic imine (C=N–C) groups is 1. The molecule has 1 atom stereocenters. The number of anilines is 1. The van der Waals surface area contributed by atoms with E-state index in [1.807, 2.05) is 6.07 Å². The Hall–Kier alpha value is -2.29. The summed E-state index contributed by atoms with van der Waals surface area (Å²) in [7, 11) is 1.63. The van der Waals surface area contributed by atoms with Crippen LogP contribution in [0.4, 0.5) is 18.9 Å². The third kappa shape index (κ3) is 4.71. The molecule has 146 valence electrons. The number of halogens is 3. The molecule has 0 saturated heterocycles. The van der Waals surface area contributed by atoms with Crippen molar-refractivity contribution in [3.8, 4) is 0 Å². The van der Waals surface area contributed by atoms with Crippen LogP contribution in [0.5, 0.6) is 0 Å². The van der Waals surface area contributed by atoms with Crippen molar-refractivity contribution in [3.63, 3.8) is 0 Å². The van der Waals surface area contributed by atoms with Crippen LogP contribution >= 0.6 is 11.3 Å². The molecule has 2 N–H and O–H groups in total. The molecule has 0 saturated carbocycles. The Morgan fingerprint density at radius 2 is 2.11 bits per heavy atom. The molecule has 2 heterocycles. The number of para-hydroxylation sites is 1. The standard InChI is InChI=1S/C18H22F3N5S/c1-12-9-13-5-3-4-6-14(13)26(12)8-7-23-17(22-2)24-10-16-25-15(11-27-16)18(19,20)21/h3-6,11-12H,7-10H2,1-2H3,(H2,22,23,24). The molecule has 1 aliphatic rings. The number of fused-ring (bicyclic) bond motifs is 1. The van der Waals surface area contributed by atoms with E-state index in [1.54, 1.807) is 7.05 Å². The number of thiazole rings is 1. The van der Waals surface area contributed by atoms with Gasteiger partial charge in [-0.25, -0.2) is 4.98 Å². The highest BCUT2D eigenvalue weighted by Crippen LogP contribution is 2.31. The number of rotatable bonds is 5. The van der Waals surface area contributed by atoms with Gasteiger partial charge in [0.1, 0.15) is 5.01 Å². The van der Waals surface area contributed by atoms with Crippen LogP contribution in [0.3, 0.4) is 0 Å². The maximum absolute atomic E-state index is 12.6. The number of benzene rings is 1. The van der Waals surface area contributed by atoms with Crippen LogP contribution in [0.15, 0.2) is 34.6 Å². The van der Waals surface area contributed by atoms with Gasteiger partial charge in [0.05, 0.1) is 6.54 Å². The zero-order valence-electron chi connectivity index (χ0n) is 15.2. The van der Waals surface area contributed by atoms with Crippen LogP contribution in [0.2, 0.25) is 0 Å². The van der Waals surface area contributed by atoms with E-state index in [1.165, 1.54) is 11.3 Å². The minimum atomic E-state index is -4.41. The molecule has 1 aromatic heterocycles. The summed E-state index contributed by atoms with van der Waals surface area (Å²) < 4.78 is 37.8. The lowest BCUT2D eigenvalue weighted by Crippen LogP contribution is -2.42. The van der Waals surface area contributed by atoms with Crippen LogP contribution in [-0.4, -0.2) is 37.1 Å². The fourth-order valence-electron chi connectivity index (χ4n) is 3.17. The van der Waals surface area contributed by atoms with Crippen molar-refractivity contribution in [2.24, 2.45) is 4.99 Å². The summed E-state index contributed by atoms with van der Waals surface area (Å²) in [5, 5.41) is 7.61. The van der Waals surface area contributed by atoms with E-state index in [0.29, 0.717) is 23.6 Å². The Bertz CT molecular complexity index is 802. The van der Waals surface area contributed by atoms with Crippen LogP contribution in [0, 0.1) is 0 Å². The number of aromatic nitrogens is 1. The largest absolute Gasteiger partial charge is 0.434 e. The summed E-state index contributed by atoms with van der Waals surface area (Å²) in [6, 6.07) is 8.83. The summed E-state index contributed by atoms with van der Waals surface area (Å²) in [5.41, 5.74) is 1.77. The second kappa shape index (κ2) is 8.16. The first-order valence-corrected chi connectivity index (χ1v) is 9.57. The predicted octanol–water partition coefficient (Wildman–Crippen LogP) is 3.28. The minimum absolute atomic E-state index is 0.198. The predicted molar refractivity (Wildman–Crippen MR) is 102 cm³/mol. The molecule has 0 radical (unpaired) electrons. The van der Waals surface area contributed by atoms with Crippen molar-refractivity contribution >= 4 is 23.0 Å². The smallest absolute Gasteiger partial charge is 0.367 e. The van der Waals surface area contributed by atoms with Crippen molar-refractivity contribution < 1.29 is 13.2 Å². The van der Waals surface area contributed by atoms with Gasteiger partial charge in [0.2, 0.25) is 0 Å². The highest BCUT2D eigenvalue weighted by atomic mass is 32.1. The molecule has 0 spiro atoms. The van der Waals surface area contributed by atoms with Gasteiger partial charge < -0.3 is 15.5 Å².